The van der Waals surface area contributed by atoms with Crippen molar-refractivity contribution >= 4 is 95.3 Å². The number of anilines is 3. The topological polar surface area (TPSA) is 46.6 Å². The second kappa shape index (κ2) is 13.7. The van der Waals surface area contributed by atoms with Gasteiger partial charge in [-0.25, -0.2) is 4.98 Å². The largest absolute Gasteiger partial charge is 2.00 e. The van der Waals surface area contributed by atoms with Gasteiger partial charge in [0.15, 0.2) is 0 Å². The van der Waals surface area contributed by atoms with Gasteiger partial charge in [-0.05, 0) is 51.7 Å². The van der Waals surface area contributed by atoms with Crippen LogP contribution in [-0.2, 0) is 25.8 Å². The van der Waals surface area contributed by atoms with Gasteiger partial charge in [-0.3, -0.25) is 4.98 Å². The van der Waals surface area contributed by atoms with Crippen molar-refractivity contribution in [1.82, 2.24) is 14.4 Å². The SMILES string of the molecule is CC1(C)c2cc3oc4ccccc4c3cc2N(c2[c-]c([Si](c3[c-]c4c(cc3)c3ccccc3n3ccnc43)(c3ccccc3)c3ccccc3)ccc2)c2ncccc21.[Pd+2]. The molecular formula is C53H36N4OPdSi. The maximum atomic E-state index is 6.48. The number of hydrogen-bond acceptors (Lipinski definition) is 4. The Kier molecular flexibility index (Phi) is 8.34. The zero-order valence-electron chi connectivity index (χ0n) is 32.8. The van der Waals surface area contributed by atoms with Gasteiger partial charge in [-0.1, -0.05) is 128 Å². The summed E-state index contributed by atoms with van der Waals surface area (Å²) in [7, 11) is -3.14. The van der Waals surface area contributed by atoms with Crippen LogP contribution in [0.4, 0.5) is 17.2 Å². The smallest absolute Gasteiger partial charge is 0.456 e. The molecule has 12 rings (SSSR count). The van der Waals surface area contributed by atoms with Crippen LogP contribution in [0, 0.1) is 12.1 Å². The molecule has 0 unspecified atom stereocenters. The number of pyridine rings is 2. The molecule has 60 heavy (non-hydrogen) atoms. The molecule has 0 saturated carbocycles. The summed E-state index contributed by atoms with van der Waals surface area (Å²) in [4.78, 5) is 12.4. The molecule has 0 fully saturated rings. The van der Waals surface area contributed by atoms with Crippen molar-refractivity contribution in [3.63, 3.8) is 0 Å². The number of rotatable bonds is 5. The third-order valence-electron chi connectivity index (χ3n) is 12.6. The standard InChI is InChI=1S/C53H36N4OSi.Pd/c1-53(2)45-23-14-28-54-52(45)57(48-33-43-42-22-10-12-25-49(42)58-50(43)34-46(48)53)35-15-13-20-38(31-35)59(36-16-5-3-6-17-36,37-18-7-4-8-19-37)39-26-27-40-41-21-9-11-24-47(41)56-30-29-55-51(56)44(40)32-39;/h3-30,33-34H,1-2H3;/q-2;+2. The van der Waals surface area contributed by atoms with Gasteiger partial charge in [0, 0.05) is 45.9 Å². The normalized spacial score (nSPS) is 13.5. The predicted octanol–water partition coefficient (Wildman–Crippen LogP) is 10.0. The minimum atomic E-state index is -3.14. The van der Waals surface area contributed by atoms with E-state index in [9.17, 15) is 0 Å². The van der Waals surface area contributed by atoms with E-state index >= 15 is 0 Å². The van der Waals surface area contributed by atoms with E-state index in [0.29, 0.717) is 0 Å². The van der Waals surface area contributed by atoms with Gasteiger partial charge in [0.2, 0.25) is 0 Å². The van der Waals surface area contributed by atoms with Crippen molar-refractivity contribution in [3.05, 3.63) is 206 Å². The van der Waals surface area contributed by atoms with Gasteiger partial charge in [0.25, 0.3) is 0 Å². The summed E-state index contributed by atoms with van der Waals surface area (Å²) < 4.78 is 8.67. The Morgan fingerprint density at radius 1 is 0.567 bits per heavy atom. The van der Waals surface area contributed by atoms with Gasteiger partial charge in [-0.15, -0.1) is 34.8 Å². The van der Waals surface area contributed by atoms with Crippen molar-refractivity contribution in [3.8, 4) is 0 Å². The summed E-state index contributed by atoms with van der Waals surface area (Å²) in [5, 5.41) is 10.3. The molecular weight excluding hydrogens is 843 g/mol. The molecule has 1 aliphatic rings. The molecule has 0 N–H and O–H groups in total. The third kappa shape index (κ3) is 5.13. The fourth-order valence-corrected chi connectivity index (χ4v) is 14.4. The monoisotopic (exact) mass is 878 g/mol. The van der Waals surface area contributed by atoms with E-state index in [1.807, 2.05) is 30.6 Å². The van der Waals surface area contributed by atoms with Crippen LogP contribution in [0.1, 0.15) is 25.0 Å². The van der Waals surface area contributed by atoms with Gasteiger partial charge in [0.05, 0.1) is 11.3 Å². The summed E-state index contributed by atoms with van der Waals surface area (Å²) in [5.41, 5.74) is 7.78. The van der Waals surface area contributed by atoms with Gasteiger partial charge in [0.1, 0.15) is 25.1 Å². The number of fused-ring (bicyclic) bond motifs is 11. The minimum absolute atomic E-state index is 0. The molecule has 0 amide bonds. The number of para-hydroxylation sites is 2. The molecule has 0 atom stereocenters. The summed E-state index contributed by atoms with van der Waals surface area (Å²) in [5.74, 6) is 0.906. The Hall–Kier alpha value is -6.62. The van der Waals surface area contributed by atoms with Crippen LogP contribution in [0.15, 0.2) is 187 Å². The first kappa shape index (κ1) is 36.5. The van der Waals surface area contributed by atoms with Gasteiger partial charge in [-0.2, -0.15) is 23.4 Å². The van der Waals surface area contributed by atoms with Crippen LogP contribution in [-0.4, -0.2) is 22.4 Å². The van der Waals surface area contributed by atoms with Gasteiger partial charge >= 0.3 is 20.4 Å². The van der Waals surface area contributed by atoms with E-state index < -0.39 is 8.07 Å². The van der Waals surface area contributed by atoms with Crippen molar-refractivity contribution in [2.45, 2.75) is 19.3 Å². The Labute approximate surface area is 362 Å². The van der Waals surface area contributed by atoms with Crippen LogP contribution in [0.3, 0.4) is 0 Å². The molecule has 4 aromatic heterocycles. The maximum absolute atomic E-state index is 6.48. The van der Waals surface area contributed by atoms with E-state index in [1.54, 1.807) is 0 Å². The average Bonchev–Trinajstić information content (AvgIpc) is 3.93. The minimum Gasteiger partial charge on any atom is -0.456 e. The van der Waals surface area contributed by atoms with Crippen molar-refractivity contribution in [2.75, 3.05) is 4.90 Å². The summed E-state index contributed by atoms with van der Waals surface area (Å²) >= 11 is 0. The van der Waals surface area contributed by atoms with Crippen LogP contribution in [0.2, 0.25) is 0 Å². The maximum Gasteiger partial charge on any atom is 2.00 e. The Morgan fingerprint density at radius 2 is 1.28 bits per heavy atom. The van der Waals surface area contributed by atoms with E-state index in [1.165, 1.54) is 21.3 Å². The fraction of sp³-hybridized carbons (Fsp3) is 0.0566. The predicted molar refractivity (Wildman–Crippen MR) is 243 cm³/mol. The molecule has 11 aromatic rings. The second-order valence-electron chi connectivity index (χ2n) is 16.0. The molecule has 0 spiro atoms. The van der Waals surface area contributed by atoms with Gasteiger partial charge < -0.3 is 13.7 Å². The van der Waals surface area contributed by atoms with Crippen LogP contribution in [0.25, 0.3) is 49.3 Å². The van der Waals surface area contributed by atoms with E-state index in [0.717, 1.165) is 77.0 Å². The first-order valence-electron chi connectivity index (χ1n) is 20.1. The summed E-state index contributed by atoms with van der Waals surface area (Å²) in [6.07, 6.45) is 5.85. The molecule has 288 valence electrons. The molecule has 0 aliphatic carbocycles. The second-order valence-corrected chi connectivity index (χ2v) is 19.8. The summed E-state index contributed by atoms with van der Waals surface area (Å²) in [6, 6.07) is 67.2. The Bertz CT molecular complexity index is 3410. The zero-order chi connectivity index (χ0) is 39.3. The quantitative estimate of drug-likeness (QED) is 0.0748. The third-order valence-corrected chi connectivity index (χ3v) is 17.2. The molecule has 0 saturated heterocycles. The first-order valence-corrected chi connectivity index (χ1v) is 22.1. The number of nitrogens with zero attached hydrogens (tertiary/aromatic N) is 4. The Balaban J connectivity index is 0.00000408. The van der Waals surface area contributed by atoms with Crippen LogP contribution < -0.4 is 25.6 Å². The van der Waals surface area contributed by atoms with E-state index in [-0.39, 0.29) is 25.8 Å². The fourth-order valence-electron chi connectivity index (χ4n) is 9.84. The number of aromatic nitrogens is 3. The zero-order valence-corrected chi connectivity index (χ0v) is 35.4. The van der Waals surface area contributed by atoms with Crippen LogP contribution in [0.5, 0.6) is 0 Å². The average molecular weight is 879 g/mol. The number of imidazole rings is 1. The molecule has 5 nitrogen and oxygen atoms in total. The molecule has 7 aromatic carbocycles. The number of hydrogen-bond donors (Lipinski definition) is 0. The van der Waals surface area contributed by atoms with Crippen molar-refractivity contribution in [1.29, 1.82) is 0 Å². The Morgan fingerprint density at radius 3 is 2.08 bits per heavy atom. The molecule has 1 aliphatic heterocycles. The number of furan rings is 1. The van der Waals surface area contributed by atoms with Crippen molar-refractivity contribution < 1.29 is 24.8 Å². The molecule has 0 bridgehead atoms. The van der Waals surface area contributed by atoms with E-state index in [2.05, 4.69) is 187 Å². The van der Waals surface area contributed by atoms with E-state index in [4.69, 9.17) is 14.4 Å². The van der Waals surface area contributed by atoms with Crippen molar-refractivity contribution in [2.24, 2.45) is 0 Å². The van der Waals surface area contributed by atoms with Crippen LogP contribution >= 0.6 is 0 Å². The molecule has 7 heteroatoms. The molecule has 5 heterocycles. The summed E-state index contributed by atoms with van der Waals surface area (Å²) in [6.45, 7) is 4.58. The first-order chi connectivity index (χ1) is 29.0. The number of benzene rings is 7. The molecule has 0 radical (unpaired) electrons.